The first-order valence-electron chi connectivity index (χ1n) is 8.78. The molecule has 2 heterocycles. The highest BCUT2D eigenvalue weighted by Gasteiger charge is 2.39. The van der Waals surface area contributed by atoms with Crippen LogP contribution in [0.15, 0.2) is 18.2 Å². The van der Waals surface area contributed by atoms with Crippen LogP contribution in [0.2, 0.25) is 5.02 Å². The van der Waals surface area contributed by atoms with E-state index in [0.717, 1.165) is 25.5 Å². The molecule has 4 atom stereocenters. The van der Waals surface area contributed by atoms with Crippen molar-refractivity contribution in [1.82, 2.24) is 10.2 Å². The lowest BCUT2D eigenvalue weighted by Crippen LogP contribution is -2.47. The summed E-state index contributed by atoms with van der Waals surface area (Å²) < 4.78 is 24.2. The number of benzene rings is 1. The molecule has 0 radical (unpaired) electrons. The largest absolute Gasteiger partial charge is 0.388 e. The van der Waals surface area contributed by atoms with Crippen molar-refractivity contribution in [2.75, 3.05) is 33.4 Å². The zero-order valence-corrected chi connectivity index (χ0v) is 15.4. The van der Waals surface area contributed by atoms with Crippen LogP contribution in [0, 0.1) is 5.82 Å². The molecule has 1 aromatic carbocycles. The van der Waals surface area contributed by atoms with Crippen LogP contribution in [0.3, 0.4) is 0 Å². The van der Waals surface area contributed by atoms with Crippen LogP contribution in [0.25, 0.3) is 0 Å². The molecule has 0 spiro atoms. The molecule has 26 heavy (non-hydrogen) atoms. The Balaban J connectivity index is 1.56. The van der Waals surface area contributed by atoms with Crippen molar-refractivity contribution in [3.8, 4) is 0 Å². The van der Waals surface area contributed by atoms with E-state index in [-0.39, 0.29) is 23.3 Å². The van der Waals surface area contributed by atoms with Crippen molar-refractivity contribution >= 4 is 17.5 Å². The van der Waals surface area contributed by atoms with Gasteiger partial charge < -0.3 is 19.9 Å². The lowest BCUT2D eigenvalue weighted by molar-refractivity contribution is 0.00456. The van der Waals surface area contributed by atoms with E-state index in [1.807, 2.05) is 0 Å². The molecule has 144 valence electrons. The van der Waals surface area contributed by atoms with Gasteiger partial charge in [0, 0.05) is 25.3 Å². The van der Waals surface area contributed by atoms with Gasteiger partial charge in [-0.3, -0.25) is 9.69 Å². The van der Waals surface area contributed by atoms with E-state index in [0.29, 0.717) is 19.2 Å². The van der Waals surface area contributed by atoms with Crippen LogP contribution in [0.5, 0.6) is 0 Å². The SMILES string of the molecule is COC[C@H]1CCCN1C[C@@H]1OC[C@H](NC(=O)c2ccc(F)c(Cl)c2)[C@H]1O. The predicted octanol–water partition coefficient (Wildman–Crippen LogP) is 1.45. The summed E-state index contributed by atoms with van der Waals surface area (Å²) in [7, 11) is 1.69. The summed E-state index contributed by atoms with van der Waals surface area (Å²) in [5, 5.41) is 13.2. The van der Waals surface area contributed by atoms with Crippen molar-refractivity contribution in [1.29, 1.82) is 0 Å². The maximum atomic E-state index is 13.2. The van der Waals surface area contributed by atoms with Gasteiger partial charge in [-0.15, -0.1) is 0 Å². The monoisotopic (exact) mass is 386 g/mol. The van der Waals surface area contributed by atoms with Crippen molar-refractivity contribution in [2.45, 2.75) is 37.1 Å². The molecular weight excluding hydrogens is 363 g/mol. The van der Waals surface area contributed by atoms with Crippen molar-refractivity contribution in [2.24, 2.45) is 0 Å². The number of carbonyl (C=O) groups excluding carboxylic acids is 1. The summed E-state index contributed by atoms with van der Waals surface area (Å²) in [6.45, 7) is 2.44. The van der Waals surface area contributed by atoms with Crippen LogP contribution < -0.4 is 5.32 Å². The van der Waals surface area contributed by atoms with Crippen molar-refractivity contribution in [3.63, 3.8) is 0 Å². The normalized spacial score (nSPS) is 29.2. The number of ether oxygens (including phenoxy) is 2. The van der Waals surface area contributed by atoms with Gasteiger partial charge in [-0.05, 0) is 37.6 Å². The van der Waals surface area contributed by atoms with E-state index < -0.39 is 23.9 Å². The quantitative estimate of drug-likeness (QED) is 0.774. The molecule has 2 N–H and O–H groups in total. The number of likely N-dealkylation sites (tertiary alicyclic amines) is 1. The van der Waals surface area contributed by atoms with Crippen LogP contribution in [-0.2, 0) is 9.47 Å². The number of halogens is 2. The van der Waals surface area contributed by atoms with Gasteiger partial charge in [0.2, 0.25) is 0 Å². The molecule has 2 fully saturated rings. The number of methoxy groups -OCH3 is 1. The number of nitrogens with one attached hydrogen (secondary N) is 1. The number of carbonyl (C=O) groups is 1. The topological polar surface area (TPSA) is 71.0 Å². The fourth-order valence-electron chi connectivity index (χ4n) is 3.61. The van der Waals surface area contributed by atoms with Gasteiger partial charge >= 0.3 is 0 Å². The Labute approximate surface area is 157 Å². The Morgan fingerprint density at radius 2 is 2.35 bits per heavy atom. The zero-order valence-electron chi connectivity index (χ0n) is 14.7. The zero-order chi connectivity index (χ0) is 18.7. The summed E-state index contributed by atoms with van der Waals surface area (Å²) >= 11 is 5.72. The standard InChI is InChI=1S/C18H24ClFN2O4/c1-25-9-12-3-2-6-22(12)8-16-17(23)15(10-26-16)21-18(24)11-4-5-14(20)13(19)7-11/h4-5,7,12,15-17,23H,2-3,6,8-10H2,1H3,(H,21,24)/t12-,15+,16+,17-/m1/s1. The summed E-state index contributed by atoms with van der Waals surface area (Å²) in [6.07, 6.45) is 0.998. The number of amides is 1. The highest BCUT2D eigenvalue weighted by molar-refractivity contribution is 6.31. The highest BCUT2D eigenvalue weighted by Crippen LogP contribution is 2.23. The van der Waals surface area contributed by atoms with E-state index in [2.05, 4.69) is 10.2 Å². The minimum absolute atomic E-state index is 0.114. The molecule has 2 aliphatic heterocycles. The van der Waals surface area contributed by atoms with Crippen LogP contribution in [-0.4, -0.2) is 73.6 Å². The van der Waals surface area contributed by atoms with Crippen molar-refractivity contribution in [3.05, 3.63) is 34.6 Å². The average Bonchev–Trinajstić information content (AvgIpc) is 3.19. The fourth-order valence-corrected chi connectivity index (χ4v) is 3.79. The number of nitrogens with zero attached hydrogens (tertiary/aromatic N) is 1. The van der Waals surface area contributed by atoms with Gasteiger partial charge in [-0.2, -0.15) is 0 Å². The first-order valence-corrected chi connectivity index (χ1v) is 9.16. The van der Waals surface area contributed by atoms with E-state index in [1.54, 1.807) is 7.11 Å². The number of aliphatic hydroxyl groups is 1. The third kappa shape index (κ3) is 4.35. The molecule has 0 bridgehead atoms. The van der Waals surface area contributed by atoms with Crippen molar-refractivity contribution < 1.29 is 23.8 Å². The first kappa shape index (κ1) is 19.5. The molecule has 0 aliphatic carbocycles. The Kier molecular flexibility index (Phi) is 6.47. The lowest BCUT2D eigenvalue weighted by Gasteiger charge is -2.28. The summed E-state index contributed by atoms with van der Waals surface area (Å²) in [4.78, 5) is 14.6. The molecule has 6 nitrogen and oxygen atoms in total. The van der Waals surface area contributed by atoms with Gasteiger partial charge in [-0.1, -0.05) is 11.6 Å². The second kappa shape index (κ2) is 8.63. The number of rotatable bonds is 6. The van der Waals surface area contributed by atoms with E-state index in [4.69, 9.17) is 21.1 Å². The molecule has 2 aliphatic rings. The van der Waals surface area contributed by atoms with Gasteiger partial charge in [0.25, 0.3) is 5.91 Å². The molecule has 0 unspecified atom stereocenters. The van der Waals surface area contributed by atoms with Gasteiger partial charge in [0.1, 0.15) is 11.9 Å². The van der Waals surface area contributed by atoms with Gasteiger partial charge in [-0.25, -0.2) is 4.39 Å². The molecule has 2 saturated heterocycles. The third-order valence-electron chi connectivity index (χ3n) is 5.05. The Bertz CT molecular complexity index is 648. The number of aliphatic hydroxyl groups excluding tert-OH is 1. The molecule has 0 aromatic heterocycles. The van der Waals surface area contributed by atoms with E-state index in [9.17, 15) is 14.3 Å². The number of hydrogen-bond donors (Lipinski definition) is 2. The molecular formula is C18H24ClFN2O4. The predicted molar refractivity (Wildman–Crippen MR) is 94.9 cm³/mol. The smallest absolute Gasteiger partial charge is 0.251 e. The molecule has 1 aromatic rings. The van der Waals surface area contributed by atoms with Gasteiger partial charge in [0.05, 0.1) is 30.4 Å². The number of hydrogen-bond acceptors (Lipinski definition) is 5. The van der Waals surface area contributed by atoms with E-state index in [1.165, 1.54) is 12.1 Å². The fraction of sp³-hybridized carbons (Fsp3) is 0.611. The minimum atomic E-state index is -0.807. The lowest BCUT2D eigenvalue weighted by atomic mass is 10.1. The third-order valence-corrected chi connectivity index (χ3v) is 5.34. The highest BCUT2D eigenvalue weighted by atomic mass is 35.5. The first-order chi connectivity index (χ1) is 12.5. The second-order valence-corrected chi connectivity index (χ2v) is 7.22. The Morgan fingerprint density at radius 3 is 3.08 bits per heavy atom. The van der Waals surface area contributed by atoms with Crippen LogP contribution in [0.1, 0.15) is 23.2 Å². The van der Waals surface area contributed by atoms with Gasteiger partial charge in [0.15, 0.2) is 0 Å². The van der Waals surface area contributed by atoms with E-state index >= 15 is 0 Å². The Morgan fingerprint density at radius 1 is 1.54 bits per heavy atom. The maximum Gasteiger partial charge on any atom is 0.251 e. The average molecular weight is 387 g/mol. The van der Waals surface area contributed by atoms with Crippen LogP contribution in [0.4, 0.5) is 4.39 Å². The summed E-state index contributed by atoms with van der Waals surface area (Å²) in [6, 6.07) is 3.59. The molecule has 8 heteroatoms. The second-order valence-electron chi connectivity index (χ2n) is 6.82. The molecule has 3 rings (SSSR count). The van der Waals surface area contributed by atoms with Crippen LogP contribution >= 0.6 is 11.6 Å². The summed E-state index contributed by atoms with van der Waals surface area (Å²) in [5.41, 5.74) is 0.242. The minimum Gasteiger partial charge on any atom is -0.388 e. The molecule has 1 amide bonds. The Hall–Kier alpha value is -1.25. The maximum absolute atomic E-state index is 13.2. The molecule has 0 saturated carbocycles. The summed E-state index contributed by atoms with van der Waals surface area (Å²) in [5.74, 6) is -0.998.